The molecule has 202 valence electrons. The molecule has 4 atom stereocenters. The van der Waals surface area contributed by atoms with Crippen LogP contribution in [-0.4, -0.2) is 85.6 Å². The van der Waals surface area contributed by atoms with Crippen LogP contribution in [0.1, 0.15) is 50.3 Å². The van der Waals surface area contributed by atoms with Gasteiger partial charge in [-0.05, 0) is 20.9 Å². The molecule has 1 saturated heterocycles. The number of amides is 1. The molecule has 11 nitrogen and oxygen atoms in total. The van der Waals surface area contributed by atoms with Gasteiger partial charge in [0.15, 0.2) is 28.8 Å². The molecular formula is C27H30N2O9. The number of fused-ring (bicyclic) bond motifs is 9. The van der Waals surface area contributed by atoms with Crippen molar-refractivity contribution >= 4 is 11.7 Å². The van der Waals surface area contributed by atoms with Crippen molar-refractivity contribution in [3.8, 4) is 34.5 Å². The summed E-state index contributed by atoms with van der Waals surface area (Å²) in [5.41, 5.74) is 2.85. The van der Waals surface area contributed by atoms with E-state index in [1.165, 1.54) is 19.1 Å². The Kier molecular flexibility index (Phi) is 5.45. The number of aliphatic hydroxyl groups is 1. The van der Waals surface area contributed by atoms with Crippen molar-refractivity contribution in [3.05, 3.63) is 33.4 Å². The van der Waals surface area contributed by atoms with Crippen molar-refractivity contribution in [2.24, 2.45) is 0 Å². The molecule has 11 heteroatoms. The van der Waals surface area contributed by atoms with Gasteiger partial charge in [-0.15, -0.1) is 0 Å². The maximum atomic E-state index is 14.4. The zero-order valence-electron chi connectivity index (χ0n) is 22.1. The number of phenols is 1. The summed E-state index contributed by atoms with van der Waals surface area (Å²) >= 11 is 0. The third-order valence-electron chi connectivity index (χ3n) is 8.52. The van der Waals surface area contributed by atoms with Gasteiger partial charge in [-0.1, -0.05) is 0 Å². The first-order valence-electron chi connectivity index (χ1n) is 12.4. The van der Waals surface area contributed by atoms with E-state index in [0.29, 0.717) is 40.5 Å². The van der Waals surface area contributed by atoms with Crippen LogP contribution in [0.3, 0.4) is 0 Å². The van der Waals surface area contributed by atoms with Gasteiger partial charge in [-0.25, -0.2) is 0 Å². The van der Waals surface area contributed by atoms with Gasteiger partial charge in [0.1, 0.15) is 17.5 Å². The number of aliphatic hydroxyl groups excluding tert-OH is 1. The largest absolute Gasteiger partial charge is 0.507 e. The maximum absolute atomic E-state index is 14.4. The number of Topliss-reactive ketones (excluding diaryl/α,β-unsaturated/α-hetero) is 1. The van der Waals surface area contributed by atoms with Crippen molar-refractivity contribution in [1.82, 2.24) is 9.80 Å². The second-order valence-corrected chi connectivity index (χ2v) is 10.0. The van der Waals surface area contributed by atoms with E-state index in [1.54, 1.807) is 21.1 Å². The molecule has 0 aromatic heterocycles. The molecule has 2 aromatic carbocycles. The summed E-state index contributed by atoms with van der Waals surface area (Å²) in [7, 11) is 6.43. The number of nitrogens with zero attached hydrogens (tertiary/aromatic N) is 2. The fourth-order valence-corrected chi connectivity index (χ4v) is 6.90. The van der Waals surface area contributed by atoms with Gasteiger partial charge in [-0.3, -0.25) is 14.5 Å². The number of likely N-dealkylation sites (N-methyl/N-ethyl adjacent to an activating group) is 1. The van der Waals surface area contributed by atoms with Crippen LogP contribution in [0.2, 0.25) is 0 Å². The minimum Gasteiger partial charge on any atom is -0.507 e. The van der Waals surface area contributed by atoms with E-state index < -0.39 is 36.6 Å². The minimum atomic E-state index is -1.07. The lowest BCUT2D eigenvalue weighted by atomic mass is 9.73. The molecular weight excluding hydrogens is 496 g/mol. The third-order valence-corrected chi connectivity index (χ3v) is 8.52. The topological polar surface area (TPSA) is 127 Å². The first kappa shape index (κ1) is 24.6. The molecule has 4 aliphatic rings. The van der Waals surface area contributed by atoms with E-state index in [4.69, 9.17) is 23.7 Å². The number of rotatable bonds is 4. The Morgan fingerprint density at radius 2 is 1.58 bits per heavy atom. The first-order chi connectivity index (χ1) is 18.2. The second kappa shape index (κ2) is 8.40. The normalized spacial score (nSPS) is 25.1. The Labute approximate surface area is 219 Å². The highest BCUT2D eigenvalue weighted by Crippen LogP contribution is 2.58. The zero-order valence-corrected chi connectivity index (χ0v) is 22.1. The Balaban J connectivity index is 1.67. The molecule has 2 bridgehead atoms. The fourth-order valence-electron chi connectivity index (χ4n) is 6.90. The fraction of sp³-hybridized carbons (Fsp3) is 0.481. The second-order valence-electron chi connectivity index (χ2n) is 10.0. The lowest BCUT2D eigenvalue weighted by Gasteiger charge is -2.56. The van der Waals surface area contributed by atoms with Crippen LogP contribution in [0.4, 0.5) is 0 Å². The number of hydrogen-bond acceptors (Lipinski definition) is 10. The molecule has 2 unspecified atom stereocenters. The van der Waals surface area contributed by atoms with E-state index in [9.17, 15) is 19.8 Å². The van der Waals surface area contributed by atoms with Crippen LogP contribution in [-0.2, 0) is 11.2 Å². The standard InChI is InChI=1S/C27H30N2O9/c1-10-20(31)17-16(26-24(10)37-9-38-26)14(8-30)29-19(21(17)32)18-15-12(7-13(27(29)33)28(18)3)22(34-4)11(2)23(35-5)25(15)36-6/h13-14,18-19,30-31H,7-9H2,1-6H3/t13-,14-,18?,19?/m0/s1. The van der Waals surface area contributed by atoms with Gasteiger partial charge < -0.3 is 38.8 Å². The third kappa shape index (κ3) is 2.80. The quantitative estimate of drug-likeness (QED) is 0.609. The smallest absolute Gasteiger partial charge is 0.241 e. The number of ketones is 1. The highest BCUT2D eigenvalue weighted by atomic mass is 16.7. The van der Waals surface area contributed by atoms with Crippen LogP contribution in [0.15, 0.2) is 0 Å². The average Bonchev–Trinajstić information content (AvgIpc) is 3.39. The van der Waals surface area contributed by atoms with Crippen molar-refractivity contribution in [1.29, 1.82) is 0 Å². The van der Waals surface area contributed by atoms with Crippen LogP contribution in [0, 0.1) is 13.8 Å². The molecule has 0 saturated carbocycles. The van der Waals surface area contributed by atoms with E-state index in [2.05, 4.69) is 0 Å². The first-order valence-corrected chi connectivity index (χ1v) is 12.4. The summed E-state index contributed by atoms with van der Waals surface area (Å²) < 4.78 is 28.7. The lowest BCUT2D eigenvalue weighted by Crippen LogP contribution is -2.68. The Morgan fingerprint density at radius 1 is 0.921 bits per heavy atom. The highest BCUT2D eigenvalue weighted by molar-refractivity contribution is 6.10. The number of carbonyl (C=O) groups is 2. The van der Waals surface area contributed by atoms with Crippen molar-refractivity contribution in [2.45, 2.75) is 44.4 Å². The number of benzene rings is 2. The molecule has 4 heterocycles. The predicted molar refractivity (Wildman–Crippen MR) is 133 cm³/mol. The molecule has 38 heavy (non-hydrogen) atoms. The summed E-state index contributed by atoms with van der Waals surface area (Å²) in [6.45, 7) is 2.93. The SMILES string of the molecule is COc1c(C)c(OC)c(OC)c2c1C[C@H]1C(=O)N3C(C(=O)c4c(O)c(C)c5c(c4[C@@H]3CO)OCO5)C2N1C. The van der Waals surface area contributed by atoms with Gasteiger partial charge in [-0.2, -0.15) is 0 Å². The number of ether oxygens (including phenoxy) is 5. The predicted octanol–water partition coefficient (Wildman–Crippen LogP) is 1.80. The molecule has 2 aromatic rings. The molecule has 0 radical (unpaired) electrons. The van der Waals surface area contributed by atoms with Crippen LogP contribution in [0.25, 0.3) is 0 Å². The monoisotopic (exact) mass is 526 g/mol. The van der Waals surface area contributed by atoms with Gasteiger partial charge in [0.05, 0.1) is 51.6 Å². The summed E-state index contributed by atoms with van der Waals surface area (Å²) in [6, 6.07) is -3.28. The van der Waals surface area contributed by atoms with E-state index in [0.717, 1.165) is 11.1 Å². The van der Waals surface area contributed by atoms with E-state index in [1.807, 2.05) is 11.8 Å². The molecule has 0 spiro atoms. The van der Waals surface area contributed by atoms with Gasteiger partial charge in [0.25, 0.3) is 0 Å². The molecule has 0 aliphatic carbocycles. The number of phenolic OH excluding ortho intramolecular Hbond substituents is 1. The number of carbonyl (C=O) groups excluding carboxylic acids is 2. The van der Waals surface area contributed by atoms with Crippen molar-refractivity contribution in [3.63, 3.8) is 0 Å². The van der Waals surface area contributed by atoms with Crippen molar-refractivity contribution < 1.29 is 43.5 Å². The molecule has 1 amide bonds. The number of hydrogen-bond donors (Lipinski definition) is 2. The molecule has 4 aliphatic heterocycles. The number of methoxy groups -OCH3 is 3. The Morgan fingerprint density at radius 3 is 2.21 bits per heavy atom. The van der Waals surface area contributed by atoms with Gasteiger partial charge in [0.2, 0.25) is 12.7 Å². The zero-order chi connectivity index (χ0) is 27.2. The number of aromatic hydroxyl groups is 1. The molecule has 2 N–H and O–H groups in total. The molecule has 1 fully saturated rings. The van der Waals surface area contributed by atoms with E-state index in [-0.39, 0.29) is 35.3 Å². The highest BCUT2D eigenvalue weighted by Gasteiger charge is 2.59. The summed E-state index contributed by atoms with van der Waals surface area (Å²) in [6.07, 6.45) is 0.310. The Bertz CT molecular complexity index is 1400. The van der Waals surface area contributed by atoms with Crippen LogP contribution >= 0.6 is 0 Å². The van der Waals surface area contributed by atoms with Crippen LogP contribution < -0.4 is 23.7 Å². The average molecular weight is 527 g/mol. The number of piperazine rings is 1. The summed E-state index contributed by atoms with van der Waals surface area (Å²) in [4.78, 5) is 31.8. The van der Waals surface area contributed by atoms with Crippen molar-refractivity contribution in [2.75, 3.05) is 41.8 Å². The Hall–Kier alpha value is -3.70. The lowest BCUT2D eigenvalue weighted by molar-refractivity contribution is -0.155. The maximum Gasteiger partial charge on any atom is 0.241 e. The van der Waals surface area contributed by atoms with Gasteiger partial charge >= 0.3 is 0 Å². The van der Waals surface area contributed by atoms with Crippen LogP contribution in [0.5, 0.6) is 34.5 Å². The summed E-state index contributed by atoms with van der Waals surface area (Å²) in [5, 5.41) is 21.9. The molecule has 6 rings (SSSR count). The van der Waals surface area contributed by atoms with Gasteiger partial charge in [0, 0.05) is 34.2 Å². The minimum absolute atomic E-state index is 0.0313. The summed E-state index contributed by atoms with van der Waals surface area (Å²) in [5.74, 6) is 1.08. The van der Waals surface area contributed by atoms with E-state index >= 15 is 0 Å².